The standard InChI is InChI=1S/C21H25N5O4S2/c1-21(2,3)30-20(28)25-11-7-10-15(25)17-22-23-18-26(17)24-19(32-18)31-13-16(27)29-12-14-8-5-4-6-9-14/h4-6,8-9,15H,7,10-13H2,1-3H3. The van der Waals surface area contributed by atoms with Gasteiger partial charge in [-0.2, -0.15) is 4.52 Å². The lowest BCUT2D eigenvalue weighted by atomic mass is 10.2. The molecule has 0 spiro atoms. The molecule has 1 unspecified atom stereocenters. The molecule has 1 amide bonds. The van der Waals surface area contributed by atoms with Gasteiger partial charge in [-0.25, -0.2) is 4.79 Å². The van der Waals surface area contributed by atoms with Crippen LogP contribution in [0.3, 0.4) is 0 Å². The lowest BCUT2D eigenvalue weighted by Gasteiger charge is -2.27. The summed E-state index contributed by atoms with van der Waals surface area (Å²) in [5.74, 6) is 0.453. The van der Waals surface area contributed by atoms with Gasteiger partial charge in [0.1, 0.15) is 12.2 Å². The van der Waals surface area contributed by atoms with E-state index in [2.05, 4.69) is 15.3 Å². The van der Waals surface area contributed by atoms with Crippen LogP contribution in [-0.4, -0.2) is 54.7 Å². The molecule has 0 saturated carbocycles. The molecule has 3 heterocycles. The maximum atomic E-state index is 12.6. The number of thioether (sulfide) groups is 1. The van der Waals surface area contributed by atoms with Gasteiger partial charge >= 0.3 is 12.1 Å². The Morgan fingerprint density at radius 2 is 2.00 bits per heavy atom. The topological polar surface area (TPSA) is 98.9 Å². The van der Waals surface area contributed by atoms with Gasteiger partial charge in [-0.3, -0.25) is 9.69 Å². The predicted octanol–water partition coefficient (Wildman–Crippen LogP) is 4.09. The van der Waals surface area contributed by atoms with E-state index in [0.29, 0.717) is 21.7 Å². The molecule has 32 heavy (non-hydrogen) atoms. The van der Waals surface area contributed by atoms with Crippen molar-refractivity contribution in [2.24, 2.45) is 0 Å². The minimum absolute atomic E-state index is 0.153. The molecule has 1 fully saturated rings. The quantitative estimate of drug-likeness (QED) is 0.388. The molecule has 0 radical (unpaired) electrons. The molecule has 0 bridgehead atoms. The lowest BCUT2D eigenvalue weighted by Crippen LogP contribution is -2.37. The van der Waals surface area contributed by atoms with Crippen LogP contribution in [0.4, 0.5) is 4.79 Å². The van der Waals surface area contributed by atoms with Crippen LogP contribution in [0.25, 0.3) is 4.96 Å². The Morgan fingerprint density at radius 1 is 1.22 bits per heavy atom. The number of benzene rings is 1. The number of likely N-dealkylation sites (tertiary alicyclic amines) is 1. The van der Waals surface area contributed by atoms with Crippen molar-refractivity contribution in [1.29, 1.82) is 0 Å². The molecule has 1 aliphatic rings. The summed E-state index contributed by atoms with van der Waals surface area (Å²) in [6.45, 7) is 6.39. The number of rotatable bonds is 6. The van der Waals surface area contributed by atoms with Gasteiger partial charge in [0.25, 0.3) is 0 Å². The van der Waals surface area contributed by atoms with Crippen LogP contribution in [0, 0.1) is 0 Å². The van der Waals surface area contributed by atoms with Crippen LogP contribution < -0.4 is 0 Å². The van der Waals surface area contributed by atoms with Crippen molar-refractivity contribution in [3.05, 3.63) is 41.7 Å². The minimum atomic E-state index is -0.566. The number of fused-ring (bicyclic) bond motifs is 1. The molecule has 3 aromatic rings. The van der Waals surface area contributed by atoms with Crippen molar-refractivity contribution in [1.82, 2.24) is 24.7 Å². The molecule has 1 saturated heterocycles. The minimum Gasteiger partial charge on any atom is -0.460 e. The maximum absolute atomic E-state index is 12.6. The summed E-state index contributed by atoms with van der Waals surface area (Å²) in [6, 6.07) is 9.31. The fourth-order valence-corrected chi connectivity index (χ4v) is 5.04. The zero-order valence-corrected chi connectivity index (χ0v) is 19.8. The second-order valence-electron chi connectivity index (χ2n) is 8.39. The Bertz CT molecular complexity index is 1090. The molecular formula is C21H25N5O4S2. The van der Waals surface area contributed by atoms with E-state index in [0.717, 1.165) is 18.4 Å². The summed E-state index contributed by atoms with van der Waals surface area (Å²) in [5.41, 5.74) is 0.379. The molecule has 1 atom stereocenters. The van der Waals surface area contributed by atoms with Gasteiger partial charge in [-0.1, -0.05) is 53.4 Å². The number of hydrogen-bond donors (Lipinski definition) is 0. The molecular weight excluding hydrogens is 450 g/mol. The van der Waals surface area contributed by atoms with E-state index >= 15 is 0 Å². The van der Waals surface area contributed by atoms with Crippen molar-refractivity contribution in [3.63, 3.8) is 0 Å². The van der Waals surface area contributed by atoms with Crippen LogP contribution >= 0.6 is 23.1 Å². The normalized spacial score (nSPS) is 16.5. The lowest BCUT2D eigenvalue weighted by molar-refractivity contribution is -0.141. The summed E-state index contributed by atoms with van der Waals surface area (Å²) in [7, 11) is 0. The van der Waals surface area contributed by atoms with Crippen molar-refractivity contribution in [2.75, 3.05) is 12.3 Å². The van der Waals surface area contributed by atoms with Crippen molar-refractivity contribution < 1.29 is 19.1 Å². The molecule has 0 aliphatic carbocycles. The van der Waals surface area contributed by atoms with E-state index in [4.69, 9.17) is 9.47 Å². The van der Waals surface area contributed by atoms with E-state index in [-0.39, 0.29) is 30.5 Å². The number of amides is 1. The van der Waals surface area contributed by atoms with Crippen LogP contribution in [0.15, 0.2) is 34.7 Å². The molecule has 9 nitrogen and oxygen atoms in total. The summed E-state index contributed by atoms with van der Waals surface area (Å²) in [6.07, 6.45) is 1.27. The summed E-state index contributed by atoms with van der Waals surface area (Å²) < 4.78 is 13.2. The Morgan fingerprint density at radius 3 is 2.75 bits per heavy atom. The van der Waals surface area contributed by atoms with Crippen molar-refractivity contribution in [3.8, 4) is 0 Å². The number of carbonyl (C=O) groups is 2. The molecule has 4 rings (SSSR count). The number of carbonyl (C=O) groups excluding carboxylic acids is 2. The fourth-order valence-electron chi connectivity index (χ4n) is 3.36. The van der Waals surface area contributed by atoms with Gasteiger partial charge in [0.15, 0.2) is 10.2 Å². The predicted molar refractivity (Wildman–Crippen MR) is 121 cm³/mol. The van der Waals surface area contributed by atoms with Gasteiger partial charge in [-0.05, 0) is 39.2 Å². The Labute approximate surface area is 194 Å². The van der Waals surface area contributed by atoms with Gasteiger partial charge in [-0.15, -0.1) is 15.3 Å². The highest BCUT2D eigenvalue weighted by Gasteiger charge is 2.36. The largest absolute Gasteiger partial charge is 0.460 e. The average molecular weight is 476 g/mol. The van der Waals surface area contributed by atoms with Crippen LogP contribution in [-0.2, 0) is 20.9 Å². The highest BCUT2D eigenvalue weighted by molar-refractivity contribution is 8.01. The second kappa shape index (κ2) is 9.45. The van der Waals surface area contributed by atoms with Gasteiger partial charge in [0.2, 0.25) is 4.96 Å². The maximum Gasteiger partial charge on any atom is 0.410 e. The first-order chi connectivity index (χ1) is 15.3. The first-order valence-corrected chi connectivity index (χ1v) is 12.1. The zero-order chi connectivity index (χ0) is 22.7. The van der Waals surface area contributed by atoms with E-state index < -0.39 is 5.60 Å². The van der Waals surface area contributed by atoms with Crippen LogP contribution in [0.5, 0.6) is 0 Å². The van der Waals surface area contributed by atoms with Gasteiger partial charge < -0.3 is 9.47 Å². The number of nitrogens with zero attached hydrogens (tertiary/aromatic N) is 5. The molecule has 1 aliphatic heterocycles. The Kier molecular flexibility index (Phi) is 6.66. The molecule has 170 valence electrons. The van der Waals surface area contributed by atoms with E-state index in [1.165, 1.54) is 23.1 Å². The third-order valence-corrected chi connectivity index (χ3v) is 6.74. The van der Waals surface area contributed by atoms with Crippen molar-refractivity contribution in [2.45, 2.75) is 56.2 Å². The fraction of sp³-hybridized carbons (Fsp3) is 0.476. The number of aromatic nitrogens is 4. The molecule has 1 aromatic carbocycles. The summed E-state index contributed by atoms with van der Waals surface area (Å²) >= 11 is 2.65. The van der Waals surface area contributed by atoms with Gasteiger partial charge in [0.05, 0.1) is 11.8 Å². The van der Waals surface area contributed by atoms with Gasteiger partial charge in [0, 0.05) is 6.54 Å². The zero-order valence-electron chi connectivity index (χ0n) is 18.2. The Balaban J connectivity index is 1.39. The average Bonchev–Trinajstić information content (AvgIpc) is 3.45. The first-order valence-electron chi connectivity index (χ1n) is 10.3. The molecule has 0 N–H and O–H groups in total. The van der Waals surface area contributed by atoms with Crippen LogP contribution in [0.2, 0.25) is 0 Å². The number of esters is 1. The third-order valence-electron chi connectivity index (χ3n) is 4.73. The molecule has 2 aromatic heterocycles. The third kappa shape index (κ3) is 5.39. The Hall–Kier alpha value is -2.66. The summed E-state index contributed by atoms with van der Waals surface area (Å²) in [4.78, 5) is 27.0. The van der Waals surface area contributed by atoms with Crippen LogP contribution in [0.1, 0.15) is 51.0 Å². The van der Waals surface area contributed by atoms with E-state index in [1.54, 1.807) is 9.42 Å². The second-order valence-corrected chi connectivity index (χ2v) is 10.6. The smallest absolute Gasteiger partial charge is 0.410 e. The van der Waals surface area contributed by atoms with E-state index in [1.807, 2.05) is 51.1 Å². The number of hydrogen-bond acceptors (Lipinski definition) is 9. The SMILES string of the molecule is CC(C)(C)OC(=O)N1CCCC1c1nnc2sc(SCC(=O)OCc3ccccc3)nn12. The monoisotopic (exact) mass is 475 g/mol. The van der Waals surface area contributed by atoms with Crippen molar-refractivity contribution >= 4 is 40.1 Å². The molecule has 11 heteroatoms. The first kappa shape index (κ1) is 22.5. The highest BCUT2D eigenvalue weighted by Crippen LogP contribution is 2.34. The van der Waals surface area contributed by atoms with E-state index in [9.17, 15) is 9.59 Å². The summed E-state index contributed by atoms with van der Waals surface area (Å²) in [5, 5.41) is 13.1. The highest BCUT2D eigenvalue weighted by atomic mass is 32.2. The number of ether oxygens (including phenoxy) is 2.